The zero-order chi connectivity index (χ0) is 16.7. The van der Waals surface area contributed by atoms with Crippen LogP contribution in [0.5, 0.6) is 0 Å². The maximum absolute atomic E-state index is 12.1. The van der Waals surface area contributed by atoms with E-state index in [-0.39, 0.29) is 11.7 Å². The monoisotopic (exact) mass is 314 g/mol. The fraction of sp³-hybridized carbons (Fsp3) is 0.333. The van der Waals surface area contributed by atoms with Crippen molar-refractivity contribution in [3.05, 3.63) is 47.5 Å². The van der Waals surface area contributed by atoms with Crippen molar-refractivity contribution in [1.29, 1.82) is 0 Å². The highest BCUT2D eigenvalue weighted by Crippen LogP contribution is 2.09. The van der Waals surface area contributed by atoms with E-state index in [9.17, 15) is 9.59 Å². The number of hydrogen-bond donors (Lipinski definition) is 1. The lowest BCUT2D eigenvalue weighted by atomic mass is 10.1. The Morgan fingerprint density at radius 3 is 2.04 bits per heavy atom. The predicted octanol–water partition coefficient (Wildman–Crippen LogP) is 1.05. The lowest BCUT2D eigenvalue weighted by molar-refractivity contribution is -0.127. The number of amides is 1. The summed E-state index contributed by atoms with van der Waals surface area (Å²) in [4.78, 5) is 27.2. The molecule has 1 heterocycles. The highest BCUT2D eigenvalue weighted by Gasteiger charge is 2.16. The van der Waals surface area contributed by atoms with Gasteiger partial charge in [-0.15, -0.1) is 0 Å². The molecule has 0 radical (unpaired) electrons. The second kappa shape index (κ2) is 8.41. The van der Waals surface area contributed by atoms with Crippen LogP contribution in [0.15, 0.2) is 36.4 Å². The first-order valence-corrected chi connectivity index (χ1v) is 7.66. The van der Waals surface area contributed by atoms with Gasteiger partial charge >= 0.3 is 0 Å². The summed E-state index contributed by atoms with van der Waals surface area (Å²) < 4.78 is 0. The molecular weight excluding hydrogens is 292 g/mol. The molecule has 0 atom stereocenters. The van der Waals surface area contributed by atoms with Crippen molar-refractivity contribution < 1.29 is 14.7 Å². The summed E-state index contributed by atoms with van der Waals surface area (Å²) in [6, 6.07) is 7.50. The molecule has 1 amide bonds. The molecule has 0 unspecified atom stereocenters. The van der Waals surface area contributed by atoms with Crippen molar-refractivity contribution in [2.75, 3.05) is 39.8 Å². The molecule has 0 aromatic heterocycles. The first kappa shape index (κ1) is 17.1. The van der Waals surface area contributed by atoms with E-state index >= 15 is 0 Å². The molecule has 5 nitrogen and oxygen atoms in total. The summed E-state index contributed by atoms with van der Waals surface area (Å²) in [5.74, 6) is -0.289. The molecule has 1 aliphatic heterocycles. The van der Waals surface area contributed by atoms with Crippen LogP contribution in [-0.4, -0.2) is 66.4 Å². The Balaban J connectivity index is 1.91. The van der Waals surface area contributed by atoms with Gasteiger partial charge in [0, 0.05) is 32.3 Å². The Kier molecular flexibility index (Phi) is 6.26. The number of rotatable bonds is 5. The highest BCUT2D eigenvalue weighted by molar-refractivity contribution is 5.94. The van der Waals surface area contributed by atoms with Gasteiger partial charge in [0.15, 0.2) is 5.78 Å². The van der Waals surface area contributed by atoms with Crippen LogP contribution in [0.3, 0.4) is 0 Å². The summed E-state index contributed by atoms with van der Waals surface area (Å²) in [5.41, 5.74) is 1.80. The highest BCUT2D eigenvalue weighted by atomic mass is 16.3. The van der Waals surface area contributed by atoms with E-state index in [4.69, 9.17) is 5.11 Å². The van der Waals surface area contributed by atoms with Crippen molar-refractivity contribution in [2.24, 2.45) is 0 Å². The minimum absolute atomic E-state index is 0.0376. The van der Waals surface area contributed by atoms with Gasteiger partial charge in [0.25, 0.3) is 0 Å². The zero-order valence-electron chi connectivity index (χ0n) is 13.3. The second-order valence-electron chi connectivity index (χ2n) is 5.59. The van der Waals surface area contributed by atoms with Crippen molar-refractivity contribution in [3.8, 4) is 0 Å². The molecule has 1 aliphatic rings. The number of piperazine rings is 1. The normalized spacial score (nSPS) is 16.3. The molecule has 1 saturated heterocycles. The first-order valence-electron chi connectivity index (χ1n) is 7.66. The van der Waals surface area contributed by atoms with Crippen molar-refractivity contribution >= 4 is 23.8 Å². The Morgan fingerprint density at radius 2 is 1.52 bits per heavy atom. The fourth-order valence-electron chi connectivity index (χ4n) is 2.26. The number of carbonyl (C=O) groups is 2. The van der Waals surface area contributed by atoms with E-state index in [1.54, 1.807) is 18.2 Å². The van der Waals surface area contributed by atoms with Gasteiger partial charge in [0.1, 0.15) is 6.61 Å². The van der Waals surface area contributed by atoms with E-state index in [0.29, 0.717) is 0 Å². The Labute approximate surface area is 136 Å². The SMILES string of the molecule is CN1CCN(C(=O)/C=C/c2ccc(/C=C/C(=O)CO)cc2)CC1. The largest absolute Gasteiger partial charge is 0.388 e. The number of aliphatic hydroxyl groups is 1. The van der Waals surface area contributed by atoms with Crippen LogP contribution in [0.1, 0.15) is 11.1 Å². The topological polar surface area (TPSA) is 60.9 Å². The van der Waals surface area contributed by atoms with Gasteiger partial charge < -0.3 is 14.9 Å². The minimum Gasteiger partial charge on any atom is -0.388 e. The minimum atomic E-state index is -0.480. The zero-order valence-corrected chi connectivity index (χ0v) is 13.3. The van der Waals surface area contributed by atoms with Gasteiger partial charge in [0.05, 0.1) is 0 Å². The van der Waals surface area contributed by atoms with Crippen LogP contribution in [-0.2, 0) is 9.59 Å². The third-order valence-corrected chi connectivity index (χ3v) is 3.79. The number of ketones is 1. The van der Waals surface area contributed by atoms with Gasteiger partial charge in [-0.3, -0.25) is 9.59 Å². The number of benzene rings is 1. The molecule has 2 rings (SSSR count). The maximum Gasteiger partial charge on any atom is 0.246 e. The molecule has 1 aromatic rings. The molecule has 1 N–H and O–H groups in total. The molecule has 0 saturated carbocycles. The average Bonchev–Trinajstić information content (AvgIpc) is 2.59. The van der Waals surface area contributed by atoms with E-state index in [0.717, 1.165) is 37.3 Å². The summed E-state index contributed by atoms with van der Waals surface area (Å²) in [5, 5.41) is 8.65. The molecule has 1 aromatic carbocycles. The van der Waals surface area contributed by atoms with E-state index in [1.165, 1.54) is 6.08 Å². The van der Waals surface area contributed by atoms with Gasteiger partial charge in [0.2, 0.25) is 5.91 Å². The Hall–Kier alpha value is -2.24. The predicted molar refractivity (Wildman–Crippen MR) is 90.7 cm³/mol. The maximum atomic E-state index is 12.1. The molecule has 0 spiro atoms. The van der Waals surface area contributed by atoms with Crippen LogP contribution in [0.2, 0.25) is 0 Å². The van der Waals surface area contributed by atoms with Crippen molar-refractivity contribution in [1.82, 2.24) is 9.80 Å². The van der Waals surface area contributed by atoms with Gasteiger partial charge in [-0.05, 0) is 30.3 Å². The molecule has 122 valence electrons. The van der Waals surface area contributed by atoms with Crippen LogP contribution in [0.25, 0.3) is 12.2 Å². The number of hydrogen-bond acceptors (Lipinski definition) is 4. The molecule has 23 heavy (non-hydrogen) atoms. The quantitative estimate of drug-likeness (QED) is 0.825. The summed E-state index contributed by atoms with van der Waals surface area (Å²) in [6.45, 7) is 2.87. The lowest BCUT2D eigenvalue weighted by Crippen LogP contribution is -2.46. The average molecular weight is 314 g/mol. The van der Waals surface area contributed by atoms with Crippen LogP contribution >= 0.6 is 0 Å². The van der Waals surface area contributed by atoms with Gasteiger partial charge in [-0.2, -0.15) is 0 Å². The number of likely N-dealkylation sites (N-methyl/N-ethyl adjacent to an activating group) is 1. The Bertz CT molecular complexity index is 597. The molecule has 0 aliphatic carbocycles. The van der Waals surface area contributed by atoms with Crippen LogP contribution < -0.4 is 0 Å². The Morgan fingerprint density at radius 1 is 1.00 bits per heavy atom. The smallest absolute Gasteiger partial charge is 0.246 e. The van der Waals surface area contributed by atoms with E-state index in [2.05, 4.69) is 11.9 Å². The lowest BCUT2D eigenvalue weighted by Gasteiger charge is -2.31. The number of carbonyl (C=O) groups excluding carboxylic acids is 2. The van der Waals surface area contributed by atoms with E-state index in [1.807, 2.05) is 29.2 Å². The van der Waals surface area contributed by atoms with Crippen molar-refractivity contribution in [2.45, 2.75) is 0 Å². The molecular formula is C18H22N2O3. The second-order valence-corrected chi connectivity index (χ2v) is 5.59. The summed E-state index contributed by atoms with van der Waals surface area (Å²) in [6.07, 6.45) is 6.40. The molecule has 5 heteroatoms. The standard InChI is InChI=1S/C18H22N2O3/c1-19-10-12-20(13-11-19)18(23)9-7-16-4-2-15(3-5-16)6-8-17(22)14-21/h2-9,21H,10-14H2,1H3/b8-6+,9-7+. The van der Waals surface area contributed by atoms with Crippen molar-refractivity contribution in [3.63, 3.8) is 0 Å². The third kappa shape index (κ3) is 5.47. The van der Waals surface area contributed by atoms with Gasteiger partial charge in [-0.25, -0.2) is 0 Å². The van der Waals surface area contributed by atoms with Crippen LogP contribution in [0.4, 0.5) is 0 Å². The summed E-state index contributed by atoms with van der Waals surface area (Å²) in [7, 11) is 2.06. The van der Waals surface area contributed by atoms with E-state index < -0.39 is 6.61 Å². The number of aliphatic hydroxyl groups excluding tert-OH is 1. The van der Waals surface area contributed by atoms with Gasteiger partial charge in [-0.1, -0.05) is 30.3 Å². The first-order chi connectivity index (χ1) is 11.1. The third-order valence-electron chi connectivity index (χ3n) is 3.79. The molecule has 0 bridgehead atoms. The molecule has 1 fully saturated rings. The fourth-order valence-corrected chi connectivity index (χ4v) is 2.26. The summed E-state index contributed by atoms with van der Waals surface area (Å²) >= 11 is 0. The number of nitrogens with zero attached hydrogens (tertiary/aromatic N) is 2. The van der Waals surface area contributed by atoms with Crippen LogP contribution in [0, 0.1) is 0 Å².